The molecular weight excluding hydrogens is 358 g/mol. The quantitative estimate of drug-likeness (QED) is 0.473. The summed E-state index contributed by atoms with van der Waals surface area (Å²) in [6.07, 6.45) is 0. The van der Waals surface area contributed by atoms with Gasteiger partial charge in [0.15, 0.2) is 5.76 Å². The second-order valence-corrected chi connectivity index (χ2v) is 7.34. The Morgan fingerprint density at radius 2 is 1.78 bits per heavy atom. The molecule has 0 atom stereocenters. The summed E-state index contributed by atoms with van der Waals surface area (Å²) in [5.74, 6) is 0.0323. The van der Waals surface area contributed by atoms with Crippen LogP contribution in [0.4, 0.5) is 5.69 Å². The van der Waals surface area contributed by atoms with Crippen LogP contribution in [-0.2, 0) is 0 Å². The normalized spacial score (nSPS) is 10.9. The fraction of sp³-hybridized carbons (Fsp3) is 0.0909. The van der Waals surface area contributed by atoms with Crippen molar-refractivity contribution in [2.45, 2.75) is 13.8 Å². The molecule has 0 spiro atoms. The molecule has 1 N–H and O–H groups in total. The van der Waals surface area contributed by atoms with E-state index in [1.54, 1.807) is 30.3 Å². The predicted molar refractivity (Wildman–Crippen MR) is 108 cm³/mol. The zero-order valence-electron chi connectivity index (χ0n) is 14.9. The molecule has 4 nitrogen and oxygen atoms in total. The van der Waals surface area contributed by atoms with E-state index in [1.807, 2.05) is 43.5 Å². The fourth-order valence-corrected chi connectivity index (χ4v) is 3.57. The number of thiophene rings is 1. The molecule has 0 fully saturated rings. The van der Waals surface area contributed by atoms with Gasteiger partial charge in [-0.25, -0.2) is 0 Å². The molecule has 4 rings (SSSR count). The van der Waals surface area contributed by atoms with Gasteiger partial charge < -0.3 is 9.73 Å². The minimum absolute atomic E-state index is 0.145. The number of hydrogen-bond donors (Lipinski definition) is 1. The number of hydrogen-bond acceptors (Lipinski definition) is 4. The third kappa shape index (κ3) is 3.29. The first-order chi connectivity index (χ1) is 13.0. The van der Waals surface area contributed by atoms with Crippen molar-refractivity contribution in [1.29, 1.82) is 0 Å². The van der Waals surface area contributed by atoms with Gasteiger partial charge in [-0.2, -0.15) is 0 Å². The smallest absolute Gasteiger partial charge is 0.265 e. The minimum atomic E-state index is -0.151. The van der Waals surface area contributed by atoms with Crippen molar-refractivity contribution in [3.05, 3.63) is 87.3 Å². The highest BCUT2D eigenvalue weighted by molar-refractivity contribution is 7.12. The van der Waals surface area contributed by atoms with Crippen LogP contribution in [0.15, 0.2) is 64.4 Å². The Bertz CT molecular complexity index is 1140. The number of fused-ring (bicyclic) bond motifs is 1. The zero-order chi connectivity index (χ0) is 19.0. The average Bonchev–Trinajstić information content (AvgIpc) is 3.31. The van der Waals surface area contributed by atoms with E-state index >= 15 is 0 Å². The van der Waals surface area contributed by atoms with Crippen molar-refractivity contribution in [2.75, 3.05) is 5.32 Å². The summed E-state index contributed by atoms with van der Waals surface area (Å²) in [5.41, 5.74) is 3.74. The van der Waals surface area contributed by atoms with Crippen LogP contribution in [0.25, 0.3) is 11.0 Å². The van der Waals surface area contributed by atoms with Crippen molar-refractivity contribution in [1.82, 2.24) is 0 Å². The van der Waals surface area contributed by atoms with Gasteiger partial charge in [-0.05, 0) is 43.5 Å². The Kier molecular flexibility index (Phi) is 4.38. The van der Waals surface area contributed by atoms with E-state index in [4.69, 9.17) is 4.42 Å². The number of nitrogens with one attached hydrogen (secondary N) is 1. The number of amides is 1. The molecule has 0 saturated heterocycles. The molecule has 0 radical (unpaired) electrons. The molecule has 2 aromatic carbocycles. The maximum Gasteiger partial charge on any atom is 0.265 e. The SMILES string of the molecule is Cc1ccc(C(=O)c2oc3ccc(NC(=O)c4cccs4)cc3c2C)cc1. The molecule has 2 heterocycles. The molecule has 0 aliphatic heterocycles. The Hall–Kier alpha value is -3.18. The Balaban J connectivity index is 1.66. The zero-order valence-corrected chi connectivity index (χ0v) is 15.7. The highest BCUT2D eigenvalue weighted by Crippen LogP contribution is 2.30. The van der Waals surface area contributed by atoms with Crippen molar-refractivity contribution >= 4 is 39.7 Å². The summed E-state index contributed by atoms with van der Waals surface area (Å²) < 4.78 is 5.82. The number of furan rings is 1. The number of carbonyl (C=O) groups is 2. The molecular formula is C22H17NO3S. The predicted octanol–water partition coefficient (Wildman–Crippen LogP) is 5.59. The van der Waals surface area contributed by atoms with Gasteiger partial charge in [0, 0.05) is 22.2 Å². The van der Waals surface area contributed by atoms with Crippen LogP contribution < -0.4 is 5.32 Å². The van der Waals surface area contributed by atoms with Crippen molar-refractivity contribution in [3.63, 3.8) is 0 Å². The first-order valence-corrected chi connectivity index (χ1v) is 9.40. The summed E-state index contributed by atoms with van der Waals surface area (Å²) in [6, 6.07) is 16.4. The largest absolute Gasteiger partial charge is 0.452 e. The molecule has 0 saturated carbocycles. The fourth-order valence-electron chi connectivity index (χ4n) is 2.95. The molecule has 4 aromatic rings. The van der Waals surface area contributed by atoms with E-state index in [9.17, 15) is 9.59 Å². The van der Waals surface area contributed by atoms with Crippen LogP contribution in [0.3, 0.4) is 0 Å². The van der Waals surface area contributed by atoms with Crippen molar-refractivity contribution in [2.24, 2.45) is 0 Å². The number of aryl methyl sites for hydroxylation is 2. The highest BCUT2D eigenvalue weighted by Gasteiger charge is 2.19. The summed E-state index contributed by atoms with van der Waals surface area (Å²) in [6.45, 7) is 3.84. The second-order valence-electron chi connectivity index (χ2n) is 6.39. The van der Waals surface area contributed by atoms with Gasteiger partial charge in [-0.3, -0.25) is 9.59 Å². The molecule has 0 aliphatic rings. The van der Waals surface area contributed by atoms with Gasteiger partial charge in [0.1, 0.15) is 5.58 Å². The lowest BCUT2D eigenvalue weighted by Gasteiger charge is -2.03. The van der Waals surface area contributed by atoms with E-state index in [0.29, 0.717) is 27.5 Å². The van der Waals surface area contributed by atoms with E-state index in [2.05, 4.69) is 5.32 Å². The minimum Gasteiger partial charge on any atom is -0.452 e. The second kappa shape index (κ2) is 6.85. The summed E-state index contributed by atoms with van der Waals surface area (Å²) in [5, 5.41) is 5.56. The Labute approximate surface area is 160 Å². The molecule has 0 unspecified atom stereocenters. The van der Waals surface area contributed by atoms with Crippen LogP contribution in [-0.4, -0.2) is 11.7 Å². The van der Waals surface area contributed by atoms with Crippen LogP contribution in [0.1, 0.15) is 36.9 Å². The first kappa shape index (κ1) is 17.2. The third-order valence-electron chi connectivity index (χ3n) is 4.46. The number of anilines is 1. The Morgan fingerprint density at radius 1 is 1.00 bits per heavy atom. The van der Waals surface area contributed by atoms with Crippen molar-refractivity contribution < 1.29 is 14.0 Å². The molecule has 2 aromatic heterocycles. The summed E-state index contributed by atoms with van der Waals surface area (Å²) in [4.78, 5) is 25.7. The molecule has 0 bridgehead atoms. The van der Waals surface area contributed by atoms with E-state index in [0.717, 1.165) is 16.5 Å². The van der Waals surface area contributed by atoms with E-state index in [-0.39, 0.29) is 11.7 Å². The number of carbonyl (C=O) groups excluding carboxylic acids is 2. The van der Waals surface area contributed by atoms with Gasteiger partial charge in [0.2, 0.25) is 5.78 Å². The maximum atomic E-state index is 12.8. The van der Waals surface area contributed by atoms with Crippen LogP contribution in [0.5, 0.6) is 0 Å². The van der Waals surface area contributed by atoms with E-state index in [1.165, 1.54) is 11.3 Å². The number of benzene rings is 2. The van der Waals surface area contributed by atoms with Gasteiger partial charge in [-0.15, -0.1) is 11.3 Å². The molecule has 1 amide bonds. The Morgan fingerprint density at radius 3 is 2.48 bits per heavy atom. The lowest BCUT2D eigenvalue weighted by atomic mass is 10.0. The van der Waals surface area contributed by atoms with Gasteiger partial charge in [0.25, 0.3) is 5.91 Å². The molecule has 0 aliphatic carbocycles. The summed E-state index contributed by atoms with van der Waals surface area (Å²) >= 11 is 1.39. The van der Waals surface area contributed by atoms with Gasteiger partial charge in [-0.1, -0.05) is 35.9 Å². The monoisotopic (exact) mass is 375 g/mol. The lowest BCUT2D eigenvalue weighted by molar-refractivity contribution is 0.101. The van der Waals surface area contributed by atoms with E-state index < -0.39 is 0 Å². The lowest BCUT2D eigenvalue weighted by Crippen LogP contribution is -2.09. The first-order valence-electron chi connectivity index (χ1n) is 8.52. The van der Waals surface area contributed by atoms with Crippen LogP contribution in [0, 0.1) is 13.8 Å². The maximum absolute atomic E-state index is 12.8. The molecule has 5 heteroatoms. The standard InChI is InChI=1S/C22H17NO3S/c1-13-5-7-15(8-6-13)20(24)21-14(2)17-12-16(9-10-18(17)26-21)23-22(25)19-4-3-11-27-19/h3-12H,1-2H3,(H,23,25). The average molecular weight is 375 g/mol. The topological polar surface area (TPSA) is 59.3 Å². The van der Waals surface area contributed by atoms with Crippen LogP contribution in [0.2, 0.25) is 0 Å². The highest BCUT2D eigenvalue weighted by atomic mass is 32.1. The molecule has 134 valence electrons. The molecule has 27 heavy (non-hydrogen) atoms. The van der Waals surface area contributed by atoms with Crippen LogP contribution >= 0.6 is 11.3 Å². The number of rotatable bonds is 4. The van der Waals surface area contributed by atoms with Gasteiger partial charge in [0.05, 0.1) is 4.88 Å². The van der Waals surface area contributed by atoms with Crippen molar-refractivity contribution in [3.8, 4) is 0 Å². The van der Waals surface area contributed by atoms with Gasteiger partial charge >= 0.3 is 0 Å². The third-order valence-corrected chi connectivity index (χ3v) is 5.33. The number of ketones is 1. The summed E-state index contributed by atoms with van der Waals surface area (Å²) in [7, 11) is 0.